The molecule has 0 saturated carbocycles. The quantitative estimate of drug-likeness (QED) is 0.852. The number of likely N-dealkylation sites (tertiary alicyclic amines) is 2. The summed E-state index contributed by atoms with van der Waals surface area (Å²) < 4.78 is 0. The van der Waals surface area contributed by atoms with Crippen molar-refractivity contribution >= 4 is 11.8 Å². The normalized spacial score (nSPS) is 22.4. The van der Waals surface area contributed by atoms with Crippen LogP contribution in [0.5, 0.6) is 0 Å². The molecule has 0 spiro atoms. The van der Waals surface area contributed by atoms with Crippen molar-refractivity contribution in [3.8, 4) is 0 Å². The van der Waals surface area contributed by atoms with E-state index in [9.17, 15) is 9.59 Å². The second-order valence-corrected chi connectivity index (χ2v) is 7.09. The third-order valence-corrected chi connectivity index (χ3v) is 5.51. The van der Waals surface area contributed by atoms with Crippen LogP contribution in [0.3, 0.4) is 0 Å². The van der Waals surface area contributed by atoms with Crippen molar-refractivity contribution in [3.63, 3.8) is 0 Å². The van der Waals surface area contributed by atoms with Crippen LogP contribution >= 0.6 is 0 Å². The van der Waals surface area contributed by atoms with Crippen LogP contribution in [0, 0.1) is 0 Å². The van der Waals surface area contributed by atoms with E-state index >= 15 is 0 Å². The zero-order valence-electron chi connectivity index (χ0n) is 14.8. The summed E-state index contributed by atoms with van der Waals surface area (Å²) in [6, 6.07) is 14.0. The second-order valence-electron chi connectivity index (χ2n) is 7.09. The van der Waals surface area contributed by atoms with Gasteiger partial charge in [0.15, 0.2) is 0 Å². The van der Waals surface area contributed by atoms with Gasteiger partial charge in [0.25, 0.3) is 0 Å². The number of piperidine rings is 1. The molecular weight excluding hydrogens is 326 g/mol. The number of rotatable bonds is 4. The molecule has 0 radical (unpaired) electrons. The lowest BCUT2D eigenvalue weighted by molar-refractivity contribution is -0.142. The highest BCUT2D eigenvalue weighted by Gasteiger charge is 2.44. The van der Waals surface area contributed by atoms with Gasteiger partial charge in [-0.1, -0.05) is 30.3 Å². The Labute approximate surface area is 153 Å². The van der Waals surface area contributed by atoms with Gasteiger partial charge in [0.1, 0.15) is 0 Å². The summed E-state index contributed by atoms with van der Waals surface area (Å²) in [4.78, 5) is 33.4. The number of nitrogens with zero attached hydrogens (tertiary/aromatic N) is 3. The van der Waals surface area contributed by atoms with Gasteiger partial charge in [-0.25, -0.2) is 0 Å². The van der Waals surface area contributed by atoms with E-state index in [2.05, 4.69) is 4.98 Å². The molecule has 134 valence electrons. The SMILES string of the molecule is O=C(Cc1ccccc1)N1CC[C@@H]2[C@H]1CCC(=O)N2Cc1ccncc1. The van der Waals surface area contributed by atoms with E-state index in [1.54, 1.807) is 12.4 Å². The Morgan fingerprint density at radius 1 is 1.00 bits per heavy atom. The smallest absolute Gasteiger partial charge is 0.227 e. The molecule has 26 heavy (non-hydrogen) atoms. The number of carbonyl (C=O) groups is 2. The summed E-state index contributed by atoms with van der Waals surface area (Å²) in [5.74, 6) is 0.363. The summed E-state index contributed by atoms with van der Waals surface area (Å²) in [7, 11) is 0. The highest BCUT2D eigenvalue weighted by atomic mass is 16.2. The predicted molar refractivity (Wildman–Crippen MR) is 98.1 cm³/mol. The average molecular weight is 349 g/mol. The van der Waals surface area contributed by atoms with Gasteiger partial charge < -0.3 is 9.80 Å². The maximum absolute atomic E-state index is 12.8. The van der Waals surface area contributed by atoms with Gasteiger partial charge in [-0.15, -0.1) is 0 Å². The minimum Gasteiger partial charge on any atom is -0.337 e. The maximum Gasteiger partial charge on any atom is 0.227 e. The maximum atomic E-state index is 12.8. The third-order valence-electron chi connectivity index (χ3n) is 5.51. The molecule has 5 nitrogen and oxygen atoms in total. The van der Waals surface area contributed by atoms with Crippen LogP contribution in [0.4, 0.5) is 0 Å². The molecule has 2 aromatic rings. The van der Waals surface area contributed by atoms with Gasteiger partial charge in [0.05, 0.1) is 18.5 Å². The summed E-state index contributed by atoms with van der Waals surface area (Å²) in [6.45, 7) is 1.34. The minimum absolute atomic E-state index is 0.129. The Hall–Kier alpha value is -2.69. The molecule has 2 saturated heterocycles. The first-order chi connectivity index (χ1) is 12.7. The van der Waals surface area contributed by atoms with Crippen LogP contribution in [0.25, 0.3) is 0 Å². The van der Waals surface area contributed by atoms with E-state index in [0.717, 1.165) is 30.5 Å². The number of fused-ring (bicyclic) bond motifs is 1. The molecule has 5 heteroatoms. The minimum atomic E-state index is 0.129. The van der Waals surface area contributed by atoms with E-state index in [0.29, 0.717) is 19.4 Å². The fourth-order valence-electron chi connectivity index (χ4n) is 4.22. The molecule has 2 fully saturated rings. The summed E-state index contributed by atoms with van der Waals surface area (Å²) in [6.07, 6.45) is 6.10. The van der Waals surface area contributed by atoms with Crippen LogP contribution in [-0.2, 0) is 22.6 Å². The molecule has 1 aromatic heterocycles. The van der Waals surface area contributed by atoms with E-state index in [4.69, 9.17) is 0 Å². The number of amides is 2. The number of hydrogen-bond donors (Lipinski definition) is 0. The number of benzene rings is 1. The van der Waals surface area contributed by atoms with Crippen LogP contribution in [0.1, 0.15) is 30.4 Å². The van der Waals surface area contributed by atoms with Gasteiger partial charge in [-0.3, -0.25) is 14.6 Å². The van der Waals surface area contributed by atoms with Crippen molar-refractivity contribution in [2.24, 2.45) is 0 Å². The molecule has 3 heterocycles. The van der Waals surface area contributed by atoms with Crippen molar-refractivity contribution in [2.45, 2.75) is 44.3 Å². The Kier molecular flexibility index (Phi) is 4.69. The van der Waals surface area contributed by atoms with Gasteiger partial charge in [-0.05, 0) is 36.1 Å². The zero-order chi connectivity index (χ0) is 17.9. The van der Waals surface area contributed by atoms with E-state index in [1.165, 1.54) is 0 Å². The average Bonchev–Trinajstić information content (AvgIpc) is 3.10. The molecule has 0 bridgehead atoms. The fraction of sp³-hybridized carbons (Fsp3) is 0.381. The van der Waals surface area contributed by atoms with Crippen molar-refractivity contribution in [3.05, 3.63) is 66.0 Å². The molecule has 2 aliphatic rings. The molecular formula is C21H23N3O2. The Morgan fingerprint density at radius 2 is 1.77 bits per heavy atom. The van der Waals surface area contributed by atoms with Crippen LogP contribution < -0.4 is 0 Å². The zero-order valence-corrected chi connectivity index (χ0v) is 14.8. The molecule has 2 amide bonds. The van der Waals surface area contributed by atoms with Gasteiger partial charge in [0.2, 0.25) is 11.8 Å². The monoisotopic (exact) mass is 349 g/mol. The predicted octanol–water partition coefficient (Wildman–Crippen LogP) is 2.42. The van der Waals surface area contributed by atoms with E-state index in [-0.39, 0.29) is 23.9 Å². The number of carbonyl (C=O) groups excluding carboxylic acids is 2. The number of pyridine rings is 1. The molecule has 0 unspecified atom stereocenters. The van der Waals surface area contributed by atoms with Gasteiger partial charge in [0, 0.05) is 31.9 Å². The second kappa shape index (κ2) is 7.28. The fourth-order valence-corrected chi connectivity index (χ4v) is 4.22. The standard InChI is InChI=1S/C21H23N3O2/c25-20-7-6-18-19(24(20)15-17-8-11-22-12-9-17)10-13-23(18)21(26)14-16-4-2-1-3-5-16/h1-5,8-9,11-12,18-19H,6-7,10,13-15H2/t18-,19-/m1/s1. The van der Waals surface area contributed by atoms with Gasteiger partial charge >= 0.3 is 0 Å². The summed E-state index contributed by atoms with van der Waals surface area (Å²) in [5, 5.41) is 0. The first-order valence-electron chi connectivity index (χ1n) is 9.24. The van der Waals surface area contributed by atoms with Crippen molar-refractivity contribution < 1.29 is 9.59 Å². The van der Waals surface area contributed by atoms with Crippen molar-refractivity contribution in [1.29, 1.82) is 0 Å². The molecule has 4 rings (SSSR count). The lowest BCUT2D eigenvalue weighted by atomic mass is 9.95. The molecule has 2 atom stereocenters. The summed E-state index contributed by atoms with van der Waals surface area (Å²) in [5.41, 5.74) is 2.13. The molecule has 2 aliphatic heterocycles. The topological polar surface area (TPSA) is 53.5 Å². The van der Waals surface area contributed by atoms with Crippen molar-refractivity contribution in [2.75, 3.05) is 6.54 Å². The number of hydrogen-bond acceptors (Lipinski definition) is 3. The molecule has 1 aromatic carbocycles. The highest BCUT2D eigenvalue weighted by molar-refractivity contribution is 5.81. The first-order valence-corrected chi connectivity index (χ1v) is 9.24. The number of aromatic nitrogens is 1. The largest absolute Gasteiger partial charge is 0.337 e. The van der Waals surface area contributed by atoms with Crippen LogP contribution in [0.15, 0.2) is 54.9 Å². The van der Waals surface area contributed by atoms with E-state index in [1.807, 2.05) is 52.3 Å². The Bertz CT molecular complexity index is 778. The third kappa shape index (κ3) is 3.34. The molecule has 0 aliphatic carbocycles. The Morgan fingerprint density at radius 3 is 2.54 bits per heavy atom. The lowest BCUT2D eigenvalue weighted by Crippen LogP contribution is -2.53. The van der Waals surface area contributed by atoms with Crippen molar-refractivity contribution in [1.82, 2.24) is 14.8 Å². The summed E-state index contributed by atoms with van der Waals surface area (Å²) >= 11 is 0. The lowest BCUT2D eigenvalue weighted by Gasteiger charge is -2.39. The highest BCUT2D eigenvalue weighted by Crippen LogP contribution is 2.32. The van der Waals surface area contributed by atoms with Crippen LogP contribution in [-0.4, -0.2) is 45.2 Å². The molecule has 0 N–H and O–H groups in total. The first kappa shape index (κ1) is 16.8. The Balaban J connectivity index is 1.47. The van der Waals surface area contributed by atoms with Gasteiger partial charge in [-0.2, -0.15) is 0 Å². The van der Waals surface area contributed by atoms with Crippen LogP contribution in [0.2, 0.25) is 0 Å². The van der Waals surface area contributed by atoms with E-state index < -0.39 is 0 Å².